The lowest BCUT2D eigenvalue weighted by atomic mass is 9.99. The number of alkyl halides is 2. The molecule has 0 aliphatic carbocycles. The van der Waals surface area contributed by atoms with E-state index in [-0.39, 0.29) is 12.4 Å². The Hall–Kier alpha value is -1.82. The van der Waals surface area contributed by atoms with Crippen LogP contribution in [0, 0.1) is 0 Å². The van der Waals surface area contributed by atoms with Crippen LogP contribution in [0.1, 0.15) is 11.6 Å². The molecule has 0 unspecified atom stereocenters. The van der Waals surface area contributed by atoms with Crippen LogP contribution in [-0.4, -0.2) is 23.6 Å². The molecule has 102 valence electrons. The van der Waals surface area contributed by atoms with Gasteiger partial charge in [-0.15, -0.1) is 12.4 Å². The number of ether oxygens (including phenoxy) is 1. The Morgan fingerprint density at radius 1 is 1.32 bits per heavy atom. The van der Waals surface area contributed by atoms with Crippen molar-refractivity contribution in [3.05, 3.63) is 36.0 Å². The van der Waals surface area contributed by atoms with Gasteiger partial charge in [-0.05, 0) is 23.1 Å². The number of rotatable bonds is 1. The number of benzene rings is 1. The number of amides is 1. The summed E-state index contributed by atoms with van der Waals surface area (Å²) in [6, 6.07) is 5.42. The second kappa shape index (κ2) is 4.70. The Morgan fingerprint density at radius 3 is 2.89 bits per heavy atom. The van der Waals surface area contributed by atoms with E-state index < -0.39 is 24.7 Å². The molecule has 1 saturated heterocycles. The molecule has 19 heavy (non-hydrogen) atoms. The first-order valence-corrected chi connectivity index (χ1v) is 5.44. The van der Waals surface area contributed by atoms with Gasteiger partial charge in [0.25, 0.3) is 0 Å². The van der Waals surface area contributed by atoms with Crippen molar-refractivity contribution in [3.63, 3.8) is 0 Å². The molecule has 4 nitrogen and oxygen atoms in total. The summed E-state index contributed by atoms with van der Waals surface area (Å²) in [5, 5.41) is 3.09. The highest BCUT2D eigenvalue weighted by atomic mass is 35.5. The second-order valence-electron chi connectivity index (χ2n) is 4.24. The lowest BCUT2D eigenvalue weighted by molar-refractivity contribution is -0.104. The standard InChI is InChI=1S/C12H10F2N2O2.ClH/c13-12(14)6-18-11(17)16-10(12)8-2-1-7-3-4-15-9(7)5-8;/h1-5,10,15H,6H2,(H,16,17);1H/t10-;/m1./s1. The van der Waals surface area contributed by atoms with Gasteiger partial charge in [-0.2, -0.15) is 0 Å². The highest BCUT2D eigenvalue weighted by Gasteiger charge is 2.46. The molecule has 2 heterocycles. The first kappa shape index (κ1) is 13.6. The van der Waals surface area contributed by atoms with Gasteiger partial charge in [0.2, 0.25) is 0 Å². The van der Waals surface area contributed by atoms with Crippen LogP contribution in [0.15, 0.2) is 30.5 Å². The van der Waals surface area contributed by atoms with Crippen LogP contribution in [0.2, 0.25) is 0 Å². The topological polar surface area (TPSA) is 54.1 Å². The van der Waals surface area contributed by atoms with E-state index in [2.05, 4.69) is 15.0 Å². The zero-order valence-corrected chi connectivity index (χ0v) is 10.5. The minimum atomic E-state index is -3.12. The van der Waals surface area contributed by atoms with Gasteiger partial charge in [0.05, 0.1) is 0 Å². The minimum absolute atomic E-state index is 0. The van der Waals surface area contributed by atoms with E-state index in [0.29, 0.717) is 5.56 Å². The molecule has 0 saturated carbocycles. The maximum absolute atomic E-state index is 13.7. The molecule has 1 aliphatic rings. The van der Waals surface area contributed by atoms with E-state index in [1.165, 1.54) is 0 Å². The van der Waals surface area contributed by atoms with Crippen molar-refractivity contribution >= 4 is 29.4 Å². The molecule has 2 N–H and O–H groups in total. The number of aromatic nitrogens is 1. The van der Waals surface area contributed by atoms with Gasteiger partial charge in [0.15, 0.2) is 6.61 Å². The van der Waals surface area contributed by atoms with Crippen LogP contribution in [-0.2, 0) is 4.74 Å². The molecular weight excluding hydrogens is 278 g/mol. The number of carbonyl (C=O) groups excluding carboxylic acids is 1. The molecule has 1 amide bonds. The Labute approximate surface area is 113 Å². The summed E-state index contributed by atoms with van der Waals surface area (Å²) < 4.78 is 31.7. The number of alkyl carbamates (subject to hydrolysis) is 1. The van der Waals surface area contributed by atoms with Crippen LogP contribution < -0.4 is 5.32 Å². The summed E-state index contributed by atoms with van der Waals surface area (Å²) in [6.07, 6.45) is 0.910. The van der Waals surface area contributed by atoms with Gasteiger partial charge >= 0.3 is 12.0 Å². The molecule has 0 spiro atoms. The van der Waals surface area contributed by atoms with Crippen molar-refractivity contribution in [3.8, 4) is 0 Å². The first-order chi connectivity index (χ1) is 8.56. The number of nitrogens with one attached hydrogen (secondary N) is 2. The van der Waals surface area contributed by atoms with Crippen molar-refractivity contribution < 1.29 is 18.3 Å². The van der Waals surface area contributed by atoms with Crippen molar-refractivity contribution in [2.75, 3.05) is 6.61 Å². The number of carbonyl (C=O) groups is 1. The molecule has 1 fully saturated rings. The molecule has 2 aromatic rings. The number of hydrogen-bond donors (Lipinski definition) is 2. The van der Waals surface area contributed by atoms with Gasteiger partial charge < -0.3 is 15.0 Å². The summed E-state index contributed by atoms with van der Waals surface area (Å²) in [5.74, 6) is -3.12. The van der Waals surface area contributed by atoms with Gasteiger partial charge in [0.1, 0.15) is 6.04 Å². The number of halogens is 3. The average Bonchev–Trinajstić information content (AvgIpc) is 2.79. The van der Waals surface area contributed by atoms with Crippen LogP contribution in [0.4, 0.5) is 13.6 Å². The quantitative estimate of drug-likeness (QED) is 0.847. The summed E-state index contributed by atoms with van der Waals surface area (Å²) in [5.41, 5.74) is 1.11. The third-order valence-corrected chi connectivity index (χ3v) is 2.99. The predicted molar refractivity (Wildman–Crippen MR) is 67.7 cm³/mol. The maximum atomic E-state index is 13.7. The van der Waals surface area contributed by atoms with Gasteiger partial charge in [-0.25, -0.2) is 13.6 Å². The molecule has 1 aromatic heterocycles. The van der Waals surface area contributed by atoms with Crippen LogP contribution in [0.5, 0.6) is 0 Å². The summed E-state index contributed by atoms with van der Waals surface area (Å²) >= 11 is 0. The molecule has 0 radical (unpaired) electrons. The molecule has 1 aliphatic heterocycles. The smallest absolute Gasteiger partial charge is 0.408 e. The van der Waals surface area contributed by atoms with E-state index in [9.17, 15) is 13.6 Å². The lowest BCUT2D eigenvalue weighted by Crippen LogP contribution is -2.49. The molecule has 7 heteroatoms. The highest BCUT2D eigenvalue weighted by molar-refractivity contribution is 5.85. The highest BCUT2D eigenvalue weighted by Crippen LogP contribution is 2.35. The second-order valence-corrected chi connectivity index (χ2v) is 4.24. The zero-order chi connectivity index (χ0) is 12.8. The largest absolute Gasteiger partial charge is 0.443 e. The minimum Gasteiger partial charge on any atom is -0.443 e. The zero-order valence-electron chi connectivity index (χ0n) is 9.65. The number of aromatic amines is 1. The summed E-state index contributed by atoms with van der Waals surface area (Å²) in [7, 11) is 0. The maximum Gasteiger partial charge on any atom is 0.408 e. The molecule has 0 bridgehead atoms. The fourth-order valence-electron chi connectivity index (χ4n) is 2.08. The average molecular weight is 289 g/mol. The number of H-pyrrole nitrogens is 1. The van der Waals surface area contributed by atoms with E-state index in [1.54, 1.807) is 24.4 Å². The van der Waals surface area contributed by atoms with Crippen molar-refractivity contribution in [2.24, 2.45) is 0 Å². The van der Waals surface area contributed by atoms with E-state index in [1.807, 2.05) is 6.07 Å². The van der Waals surface area contributed by atoms with Gasteiger partial charge in [0, 0.05) is 11.7 Å². The summed E-state index contributed by atoms with van der Waals surface area (Å²) in [6.45, 7) is -0.897. The fourth-order valence-corrected chi connectivity index (χ4v) is 2.08. The van der Waals surface area contributed by atoms with Gasteiger partial charge in [-0.1, -0.05) is 12.1 Å². The van der Waals surface area contributed by atoms with Crippen LogP contribution in [0.3, 0.4) is 0 Å². The third kappa shape index (κ3) is 2.35. The van der Waals surface area contributed by atoms with Crippen LogP contribution >= 0.6 is 12.4 Å². The Kier molecular flexibility index (Phi) is 3.36. The van der Waals surface area contributed by atoms with Gasteiger partial charge in [-0.3, -0.25) is 0 Å². The Morgan fingerprint density at radius 2 is 2.11 bits per heavy atom. The number of cyclic esters (lactones) is 1. The number of fused-ring (bicyclic) bond motifs is 1. The SMILES string of the molecule is Cl.O=C1N[C@H](c2ccc3cc[nH]c3c2)C(F)(F)CO1. The van der Waals surface area contributed by atoms with Crippen molar-refractivity contribution in [1.29, 1.82) is 0 Å². The van der Waals surface area contributed by atoms with E-state index >= 15 is 0 Å². The Bertz CT molecular complexity index is 615. The monoisotopic (exact) mass is 288 g/mol. The molecular formula is C12H11ClF2N2O2. The predicted octanol–water partition coefficient (Wildman–Crippen LogP) is 3.01. The van der Waals surface area contributed by atoms with E-state index in [0.717, 1.165) is 10.9 Å². The van der Waals surface area contributed by atoms with Crippen LogP contribution in [0.25, 0.3) is 10.9 Å². The number of hydrogen-bond acceptors (Lipinski definition) is 2. The summed E-state index contributed by atoms with van der Waals surface area (Å²) in [4.78, 5) is 14.0. The van der Waals surface area contributed by atoms with E-state index in [4.69, 9.17) is 0 Å². The van der Waals surface area contributed by atoms with Crippen molar-refractivity contribution in [2.45, 2.75) is 12.0 Å². The molecule has 3 rings (SSSR count). The third-order valence-electron chi connectivity index (χ3n) is 2.99. The van der Waals surface area contributed by atoms with Crippen molar-refractivity contribution in [1.82, 2.24) is 10.3 Å². The Balaban J connectivity index is 0.00000133. The molecule has 1 atom stereocenters. The lowest BCUT2D eigenvalue weighted by Gasteiger charge is -2.31. The fraction of sp³-hybridized carbons (Fsp3) is 0.250. The normalized spacial score (nSPS) is 21.4. The first-order valence-electron chi connectivity index (χ1n) is 5.44. The molecule has 1 aromatic carbocycles.